The molecule has 1 atom stereocenters. The van der Waals surface area contributed by atoms with E-state index >= 15 is 0 Å². The Labute approximate surface area is 158 Å². The Morgan fingerprint density at radius 3 is 2.77 bits per heavy atom. The fourth-order valence-corrected chi connectivity index (χ4v) is 3.40. The molecule has 26 heavy (non-hydrogen) atoms. The van der Waals surface area contributed by atoms with E-state index in [1.807, 2.05) is 31.2 Å². The van der Waals surface area contributed by atoms with Gasteiger partial charge in [-0.05, 0) is 36.8 Å². The van der Waals surface area contributed by atoms with Crippen molar-refractivity contribution in [1.29, 1.82) is 0 Å². The molecule has 0 aliphatic carbocycles. The fourth-order valence-electron chi connectivity index (χ4n) is 2.34. The molecule has 0 saturated heterocycles. The van der Waals surface area contributed by atoms with E-state index in [0.29, 0.717) is 22.9 Å². The Morgan fingerprint density at radius 1 is 1.31 bits per heavy atom. The number of aromatic nitrogens is 1. The second-order valence-corrected chi connectivity index (χ2v) is 7.01. The molecule has 3 rings (SSSR count). The van der Waals surface area contributed by atoms with Gasteiger partial charge < -0.3 is 14.8 Å². The van der Waals surface area contributed by atoms with Crippen molar-refractivity contribution < 1.29 is 19.1 Å². The normalized spacial score (nSPS) is 12.1. The van der Waals surface area contributed by atoms with E-state index in [1.54, 1.807) is 6.07 Å². The van der Waals surface area contributed by atoms with Gasteiger partial charge in [0, 0.05) is 5.69 Å². The molecule has 3 aromatic rings. The molecule has 0 radical (unpaired) electrons. The first-order chi connectivity index (χ1) is 12.5. The summed E-state index contributed by atoms with van der Waals surface area (Å²) in [6.07, 6.45) is 0.550. The highest BCUT2D eigenvalue weighted by molar-refractivity contribution is 8.00. The molecular weight excluding hydrogens is 376 g/mol. The van der Waals surface area contributed by atoms with E-state index in [2.05, 4.69) is 10.3 Å². The van der Waals surface area contributed by atoms with Gasteiger partial charge in [0.05, 0.1) is 15.8 Å². The third kappa shape index (κ3) is 4.00. The molecule has 8 heteroatoms. The molecule has 134 valence electrons. The van der Waals surface area contributed by atoms with Crippen molar-refractivity contribution in [3.63, 3.8) is 0 Å². The third-order valence-corrected chi connectivity index (χ3v) is 5.18. The first-order valence-electron chi connectivity index (χ1n) is 7.84. The van der Waals surface area contributed by atoms with Crippen LogP contribution in [0.15, 0.2) is 52.1 Å². The molecule has 0 aliphatic heterocycles. The lowest BCUT2D eigenvalue weighted by Gasteiger charge is -2.13. The summed E-state index contributed by atoms with van der Waals surface area (Å²) in [6.45, 7) is 1.88. The lowest BCUT2D eigenvalue weighted by atomic mass is 10.2. The van der Waals surface area contributed by atoms with Crippen LogP contribution in [-0.4, -0.2) is 27.2 Å². The van der Waals surface area contributed by atoms with Crippen LogP contribution in [-0.2, 0) is 4.79 Å². The average Bonchev–Trinajstić information content (AvgIpc) is 3.03. The van der Waals surface area contributed by atoms with Gasteiger partial charge in [-0.25, -0.2) is 9.78 Å². The largest absolute Gasteiger partial charge is 0.478 e. The second-order valence-electron chi connectivity index (χ2n) is 5.45. The van der Waals surface area contributed by atoms with Gasteiger partial charge in [0.15, 0.2) is 5.58 Å². The maximum atomic E-state index is 12.5. The summed E-state index contributed by atoms with van der Waals surface area (Å²) in [5.41, 5.74) is 1.70. The van der Waals surface area contributed by atoms with Crippen LogP contribution in [0.1, 0.15) is 23.7 Å². The number of benzene rings is 2. The van der Waals surface area contributed by atoms with E-state index in [1.165, 1.54) is 23.9 Å². The maximum absolute atomic E-state index is 12.5. The standard InChI is InChI=1S/C18H15ClN2O4S/c1-2-15(26-18-21-13-5-3-4-6-14(13)25-18)16(22)20-10-7-8-12(19)11(9-10)17(23)24/h3-9,15H,2H2,1H3,(H,20,22)(H,23,24). The topological polar surface area (TPSA) is 92.4 Å². The molecule has 2 N–H and O–H groups in total. The number of hydrogen-bond donors (Lipinski definition) is 2. The number of para-hydroxylation sites is 2. The van der Waals surface area contributed by atoms with Gasteiger partial charge >= 0.3 is 5.97 Å². The van der Waals surface area contributed by atoms with Crippen LogP contribution in [0.5, 0.6) is 0 Å². The summed E-state index contributed by atoms with van der Waals surface area (Å²) in [7, 11) is 0. The number of carbonyl (C=O) groups excluding carboxylic acids is 1. The van der Waals surface area contributed by atoms with Crippen LogP contribution in [0.25, 0.3) is 11.1 Å². The Balaban J connectivity index is 1.74. The molecule has 0 spiro atoms. The molecule has 2 aromatic carbocycles. The molecule has 1 amide bonds. The predicted octanol–water partition coefficient (Wildman–Crippen LogP) is 4.69. The lowest BCUT2D eigenvalue weighted by molar-refractivity contribution is -0.115. The number of fused-ring (bicyclic) bond motifs is 1. The van der Waals surface area contributed by atoms with Gasteiger partial charge in [0.25, 0.3) is 5.22 Å². The number of hydrogen-bond acceptors (Lipinski definition) is 5. The first-order valence-corrected chi connectivity index (χ1v) is 9.09. The van der Waals surface area contributed by atoms with Gasteiger partial charge in [-0.1, -0.05) is 42.4 Å². The molecule has 1 heterocycles. The number of halogens is 1. The molecule has 1 unspecified atom stereocenters. The summed E-state index contributed by atoms with van der Waals surface area (Å²) in [5, 5.41) is 11.9. The van der Waals surface area contributed by atoms with Gasteiger partial charge in [-0.15, -0.1) is 0 Å². The minimum atomic E-state index is -1.15. The summed E-state index contributed by atoms with van der Waals surface area (Å²) in [5.74, 6) is -1.42. The number of rotatable bonds is 6. The van der Waals surface area contributed by atoms with Crippen molar-refractivity contribution in [2.45, 2.75) is 23.8 Å². The number of carbonyl (C=O) groups is 2. The predicted molar refractivity (Wildman–Crippen MR) is 101 cm³/mol. The monoisotopic (exact) mass is 390 g/mol. The van der Waals surface area contributed by atoms with Crippen molar-refractivity contribution in [3.8, 4) is 0 Å². The number of nitrogens with zero attached hydrogens (tertiary/aromatic N) is 1. The number of carboxylic acids is 1. The Hall–Kier alpha value is -2.51. The molecule has 6 nitrogen and oxygen atoms in total. The van der Waals surface area contributed by atoms with Crippen LogP contribution in [0.4, 0.5) is 5.69 Å². The lowest BCUT2D eigenvalue weighted by Crippen LogP contribution is -2.24. The van der Waals surface area contributed by atoms with Crippen LogP contribution in [0.3, 0.4) is 0 Å². The van der Waals surface area contributed by atoms with Crippen molar-refractivity contribution in [2.75, 3.05) is 5.32 Å². The summed E-state index contributed by atoms with van der Waals surface area (Å²) in [6, 6.07) is 11.7. The summed E-state index contributed by atoms with van der Waals surface area (Å²) >= 11 is 7.07. The summed E-state index contributed by atoms with van der Waals surface area (Å²) in [4.78, 5) is 28.1. The van der Waals surface area contributed by atoms with E-state index in [0.717, 1.165) is 5.52 Å². The quantitative estimate of drug-likeness (QED) is 0.593. The van der Waals surface area contributed by atoms with Crippen molar-refractivity contribution in [2.24, 2.45) is 0 Å². The third-order valence-electron chi connectivity index (χ3n) is 3.64. The first kappa shape index (κ1) is 18.3. The number of carboxylic acid groups (broad SMARTS) is 1. The highest BCUT2D eigenvalue weighted by atomic mass is 35.5. The van der Waals surface area contributed by atoms with Crippen LogP contribution in [0, 0.1) is 0 Å². The zero-order valence-electron chi connectivity index (χ0n) is 13.7. The van der Waals surface area contributed by atoms with Crippen molar-refractivity contribution in [1.82, 2.24) is 4.98 Å². The van der Waals surface area contributed by atoms with Crippen LogP contribution < -0.4 is 5.32 Å². The number of thioether (sulfide) groups is 1. The van der Waals surface area contributed by atoms with Crippen molar-refractivity contribution >= 4 is 52.0 Å². The van der Waals surface area contributed by atoms with Crippen molar-refractivity contribution in [3.05, 3.63) is 53.1 Å². The summed E-state index contributed by atoms with van der Waals surface area (Å²) < 4.78 is 5.64. The van der Waals surface area contributed by atoms with Gasteiger partial charge in [0.2, 0.25) is 5.91 Å². The minimum Gasteiger partial charge on any atom is -0.478 e. The number of aromatic carboxylic acids is 1. The number of oxazole rings is 1. The number of anilines is 1. The van der Waals surface area contributed by atoms with Gasteiger partial charge in [-0.3, -0.25) is 4.79 Å². The SMILES string of the molecule is CCC(Sc1nc2ccccc2o1)C(=O)Nc1ccc(Cl)c(C(=O)O)c1. The van der Waals surface area contributed by atoms with Gasteiger partial charge in [0.1, 0.15) is 5.52 Å². The Morgan fingerprint density at radius 2 is 2.08 bits per heavy atom. The zero-order valence-corrected chi connectivity index (χ0v) is 15.3. The Kier molecular flexibility index (Phi) is 5.49. The fraction of sp³-hybridized carbons (Fsp3) is 0.167. The highest BCUT2D eigenvalue weighted by Gasteiger charge is 2.22. The smallest absolute Gasteiger partial charge is 0.337 e. The molecule has 0 bridgehead atoms. The number of nitrogens with one attached hydrogen (secondary N) is 1. The number of amides is 1. The highest BCUT2D eigenvalue weighted by Crippen LogP contribution is 2.29. The Bertz CT molecular complexity index is 940. The zero-order chi connectivity index (χ0) is 18.7. The van der Waals surface area contributed by atoms with E-state index < -0.39 is 11.2 Å². The average molecular weight is 391 g/mol. The molecular formula is C18H15ClN2O4S. The van der Waals surface area contributed by atoms with E-state index in [9.17, 15) is 9.59 Å². The molecule has 0 aliphatic rings. The van der Waals surface area contributed by atoms with Crippen LogP contribution >= 0.6 is 23.4 Å². The molecule has 1 aromatic heterocycles. The van der Waals surface area contributed by atoms with Gasteiger partial charge in [-0.2, -0.15) is 0 Å². The molecule has 0 fully saturated rings. The van der Waals surface area contributed by atoms with E-state index in [4.69, 9.17) is 21.1 Å². The van der Waals surface area contributed by atoms with Crippen LogP contribution in [0.2, 0.25) is 5.02 Å². The maximum Gasteiger partial charge on any atom is 0.337 e. The second kappa shape index (κ2) is 7.80. The molecule has 0 saturated carbocycles. The van der Waals surface area contributed by atoms with E-state index in [-0.39, 0.29) is 16.5 Å². The minimum absolute atomic E-state index is 0.0656.